The molecule has 1 aliphatic carbocycles. The highest BCUT2D eigenvalue weighted by molar-refractivity contribution is 6.77. The van der Waals surface area contributed by atoms with E-state index in [1.165, 1.54) is 32.1 Å². The molecule has 16 heavy (non-hydrogen) atoms. The van der Waals surface area contributed by atoms with Crippen LogP contribution in [0.3, 0.4) is 0 Å². The highest BCUT2D eigenvalue weighted by Crippen LogP contribution is 2.28. The number of aliphatic hydroxyl groups is 1. The van der Waals surface area contributed by atoms with E-state index in [4.69, 9.17) is 0 Å². The lowest BCUT2D eigenvalue weighted by molar-refractivity contribution is 0.125. The molecule has 1 saturated carbocycles. The summed E-state index contributed by atoms with van der Waals surface area (Å²) in [6.07, 6.45) is 10.5. The zero-order valence-corrected chi connectivity index (χ0v) is 12.4. The summed E-state index contributed by atoms with van der Waals surface area (Å²) in [5, 5.41) is 10.1. The van der Waals surface area contributed by atoms with Crippen LogP contribution in [0.1, 0.15) is 39.0 Å². The first kappa shape index (κ1) is 14.0. The highest BCUT2D eigenvalue weighted by atomic mass is 28.3. The van der Waals surface area contributed by atoms with E-state index in [1.807, 2.05) is 0 Å². The number of allylic oxidation sites excluding steroid dienone is 1. The average molecular weight is 240 g/mol. The van der Waals surface area contributed by atoms with E-state index in [1.54, 1.807) is 0 Å². The fourth-order valence-corrected chi connectivity index (χ4v) is 2.89. The Hall–Kier alpha value is -0.0831. The smallest absolute Gasteiger partial charge is 0.0749 e. The molecular weight excluding hydrogens is 212 g/mol. The lowest BCUT2D eigenvalue weighted by Crippen LogP contribution is -2.26. The fraction of sp³-hybridized carbons (Fsp3) is 0.857. The summed E-state index contributed by atoms with van der Waals surface area (Å²) in [4.78, 5) is 0. The molecule has 0 unspecified atom stereocenters. The number of hydrogen-bond donors (Lipinski definition) is 1. The first-order chi connectivity index (χ1) is 7.41. The van der Waals surface area contributed by atoms with Crippen molar-refractivity contribution < 1.29 is 5.11 Å². The van der Waals surface area contributed by atoms with Crippen LogP contribution in [0.2, 0.25) is 25.2 Å². The molecule has 0 heterocycles. The number of aliphatic hydroxyl groups excluding tert-OH is 1. The van der Waals surface area contributed by atoms with Gasteiger partial charge < -0.3 is 5.11 Å². The van der Waals surface area contributed by atoms with Gasteiger partial charge in [-0.25, -0.2) is 0 Å². The van der Waals surface area contributed by atoms with E-state index in [2.05, 4.69) is 38.7 Å². The van der Waals surface area contributed by atoms with Gasteiger partial charge in [0.25, 0.3) is 0 Å². The van der Waals surface area contributed by atoms with Crippen LogP contribution in [0.25, 0.3) is 0 Å². The second kappa shape index (κ2) is 6.01. The molecule has 1 N–H and O–H groups in total. The van der Waals surface area contributed by atoms with Gasteiger partial charge in [0.05, 0.1) is 14.2 Å². The summed E-state index contributed by atoms with van der Waals surface area (Å²) in [6.45, 7) is 9.44. The maximum absolute atomic E-state index is 10.1. The second-order valence-electron chi connectivity index (χ2n) is 6.43. The Morgan fingerprint density at radius 2 is 1.62 bits per heavy atom. The summed E-state index contributed by atoms with van der Waals surface area (Å²) >= 11 is 0. The lowest BCUT2D eigenvalue weighted by Gasteiger charge is -2.26. The Bertz CT molecular complexity index is 223. The molecule has 0 aliphatic heterocycles. The van der Waals surface area contributed by atoms with Gasteiger partial charge in [0, 0.05) is 0 Å². The van der Waals surface area contributed by atoms with Gasteiger partial charge in [-0.15, -0.1) is 0 Å². The highest BCUT2D eigenvalue weighted by Gasteiger charge is 2.22. The molecule has 1 fully saturated rings. The van der Waals surface area contributed by atoms with Gasteiger partial charge in [0.1, 0.15) is 0 Å². The van der Waals surface area contributed by atoms with Gasteiger partial charge in [-0.05, 0) is 24.3 Å². The van der Waals surface area contributed by atoms with Crippen molar-refractivity contribution in [3.8, 4) is 0 Å². The molecule has 0 bridgehead atoms. The van der Waals surface area contributed by atoms with Crippen LogP contribution in [0, 0.1) is 5.92 Å². The van der Waals surface area contributed by atoms with Gasteiger partial charge >= 0.3 is 0 Å². The molecule has 1 rings (SSSR count). The molecule has 0 aromatic rings. The molecular formula is C14H28OSi. The number of rotatable bonds is 4. The van der Waals surface area contributed by atoms with Crippen molar-refractivity contribution in [2.45, 2.75) is 70.3 Å². The van der Waals surface area contributed by atoms with Crippen LogP contribution in [0.4, 0.5) is 0 Å². The largest absolute Gasteiger partial charge is 0.389 e. The third-order valence-electron chi connectivity index (χ3n) is 4.10. The molecule has 2 heteroatoms. The fourth-order valence-electron chi connectivity index (χ4n) is 2.20. The van der Waals surface area contributed by atoms with Crippen molar-refractivity contribution in [2.75, 3.05) is 0 Å². The van der Waals surface area contributed by atoms with Crippen LogP contribution in [-0.2, 0) is 0 Å². The minimum Gasteiger partial charge on any atom is -0.389 e. The molecule has 0 amide bonds. The Balaban J connectivity index is 2.43. The minimum atomic E-state index is -1.07. The first-order valence-corrected chi connectivity index (χ1v) is 10.4. The van der Waals surface area contributed by atoms with Crippen molar-refractivity contribution >= 4 is 8.07 Å². The predicted molar refractivity (Wildman–Crippen MR) is 74.5 cm³/mol. The van der Waals surface area contributed by atoms with E-state index in [9.17, 15) is 5.11 Å². The van der Waals surface area contributed by atoms with Gasteiger partial charge in [0.15, 0.2) is 0 Å². The standard InChI is InChI=1S/C14H28OSi/c1-12(16(2,3)4)10-11-14(15)13-8-6-5-7-9-13/h10-15H,5-9H2,1-4H3/b11-10-/t12-,14-/m1/s1. The Morgan fingerprint density at radius 1 is 1.06 bits per heavy atom. The van der Waals surface area contributed by atoms with Crippen LogP contribution in [-0.4, -0.2) is 19.3 Å². The van der Waals surface area contributed by atoms with Crippen LogP contribution < -0.4 is 0 Å². The third-order valence-corrected chi connectivity index (χ3v) is 7.02. The van der Waals surface area contributed by atoms with Gasteiger partial charge in [-0.2, -0.15) is 0 Å². The summed E-state index contributed by atoms with van der Waals surface area (Å²) in [5.74, 6) is 0.527. The third kappa shape index (κ3) is 4.42. The van der Waals surface area contributed by atoms with Crippen LogP contribution >= 0.6 is 0 Å². The van der Waals surface area contributed by atoms with Crippen molar-refractivity contribution in [3.63, 3.8) is 0 Å². The molecule has 0 aromatic carbocycles. The van der Waals surface area contributed by atoms with Gasteiger partial charge in [0.2, 0.25) is 0 Å². The summed E-state index contributed by atoms with van der Waals surface area (Å²) in [5.41, 5.74) is 0.658. The molecule has 0 spiro atoms. The monoisotopic (exact) mass is 240 g/mol. The average Bonchev–Trinajstić information content (AvgIpc) is 2.25. The molecule has 1 aliphatic rings. The second-order valence-corrected chi connectivity index (χ2v) is 12.1. The Kier molecular flexibility index (Phi) is 5.26. The lowest BCUT2D eigenvalue weighted by atomic mass is 9.85. The SMILES string of the molecule is C[C@H](/C=C\[C@@H](O)C1CCCCC1)[Si](C)(C)C. The van der Waals surface area contributed by atoms with E-state index in [0.717, 1.165) is 0 Å². The van der Waals surface area contributed by atoms with E-state index in [-0.39, 0.29) is 6.10 Å². The van der Waals surface area contributed by atoms with E-state index >= 15 is 0 Å². The van der Waals surface area contributed by atoms with E-state index in [0.29, 0.717) is 11.5 Å². The van der Waals surface area contributed by atoms with Crippen molar-refractivity contribution in [1.82, 2.24) is 0 Å². The molecule has 0 saturated heterocycles. The summed E-state index contributed by atoms with van der Waals surface area (Å²) in [7, 11) is -1.07. The van der Waals surface area contributed by atoms with E-state index < -0.39 is 8.07 Å². The molecule has 2 atom stereocenters. The summed E-state index contributed by atoms with van der Waals surface area (Å²) in [6, 6.07) is 0. The quantitative estimate of drug-likeness (QED) is 0.576. The summed E-state index contributed by atoms with van der Waals surface area (Å²) < 4.78 is 0. The minimum absolute atomic E-state index is 0.195. The molecule has 0 aromatic heterocycles. The molecule has 1 nitrogen and oxygen atoms in total. The number of hydrogen-bond acceptors (Lipinski definition) is 1. The van der Waals surface area contributed by atoms with Crippen molar-refractivity contribution in [3.05, 3.63) is 12.2 Å². The zero-order valence-electron chi connectivity index (χ0n) is 11.4. The van der Waals surface area contributed by atoms with Crippen molar-refractivity contribution in [1.29, 1.82) is 0 Å². The Labute approximate surface area is 102 Å². The van der Waals surface area contributed by atoms with Crippen LogP contribution in [0.5, 0.6) is 0 Å². The normalized spacial score (nSPS) is 23.6. The van der Waals surface area contributed by atoms with Crippen molar-refractivity contribution in [2.24, 2.45) is 5.92 Å². The topological polar surface area (TPSA) is 20.2 Å². The van der Waals surface area contributed by atoms with Crippen LogP contribution in [0.15, 0.2) is 12.2 Å². The maximum atomic E-state index is 10.1. The zero-order chi connectivity index (χ0) is 12.2. The molecule has 0 radical (unpaired) electrons. The maximum Gasteiger partial charge on any atom is 0.0749 e. The van der Waals surface area contributed by atoms with Gasteiger partial charge in [-0.3, -0.25) is 0 Å². The Morgan fingerprint density at radius 3 is 2.12 bits per heavy atom. The predicted octanol–water partition coefficient (Wildman–Crippen LogP) is 4.21. The molecule has 94 valence electrons. The van der Waals surface area contributed by atoms with Gasteiger partial charge in [-0.1, -0.05) is 58.0 Å². The first-order valence-electron chi connectivity index (χ1n) is 6.77.